The smallest absolute Gasteiger partial charge is 0.224 e. The van der Waals surface area contributed by atoms with Crippen molar-refractivity contribution in [3.63, 3.8) is 0 Å². The van der Waals surface area contributed by atoms with Gasteiger partial charge in [-0.15, -0.1) is 0 Å². The summed E-state index contributed by atoms with van der Waals surface area (Å²) in [4.78, 5) is 11.5. The lowest BCUT2D eigenvalue weighted by Crippen LogP contribution is -2.10. The van der Waals surface area contributed by atoms with Crippen LogP contribution in [0.4, 0.5) is 5.69 Å². The van der Waals surface area contributed by atoms with E-state index < -0.39 is 0 Å². The number of rotatable bonds is 4. The first-order valence-corrected chi connectivity index (χ1v) is 6.61. The highest BCUT2D eigenvalue weighted by atomic mass is 79.9. The Morgan fingerprint density at radius 1 is 1.38 bits per heavy atom. The molecule has 0 spiro atoms. The first kappa shape index (κ1) is 13.5. The van der Waals surface area contributed by atoms with Gasteiger partial charge in [0.2, 0.25) is 5.91 Å². The molecule has 0 atom stereocenters. The van der Waals surface area contributed by atoms with Crippen molar-refractivity contribution in [2.45, 2.75) is 26.2 Å². The Labute approximate surface area is 111 Å². The van der Waals surface area contributed by atoms with Gasteiger partial charge in [0.25, 0.3) is 0 Å². The molecule has 0 radical (unpaired) electrons. The number of carbonyl (C=O) groups is 1. The minimum Gasteiger partial charge on any atom is -0.506 e. The molecule has 16 heavy (non-hydrogen) atoms. The van der Waals surface area contributed by atoms with E-state index >= 15 is 0 Å². The van der Waals surface area contributed by atoms with E-state index in [0.717, 1.165) is 12.8 Å². The highest BCUT2D eigenvalue weighted by Crippen LogP contribution is 2.35. The lowest BCUT2D eigenvalue weighted by molar-refractivity contribution is -0.116. The minimum absolute atomic E-state index is 0.00802. The lowest BCUT2D eigenvalue weighted by atomic mass is 10.2. The summed E-state index contributed by atoms with van der Waals surface area (Å²) in [6.07, 6.45) is 2.40. The maximum Gasteiger partial charge on any atom is 0.224 e. The van der Waals surface area contributed by atoms with E-state index in [1.807, 2.05) is 6.92 Å². The first-order valence-electron chi connectivity index (χ1n) is 5.02. The number of carbonyl (C=O) groups excluding carboxylic acids is 1. The van der Waals surface area contributed by atoms with Gasteiger partial charge in [0.15, 0.2) is 0 Å². The number of halogens is 2. The van der Waals surface area contributed by atoms with Crippen molar-refractivity contribution in [3.05, 3.63) is 21.1 Å². The number of hydrogen-bond donors (Lipinski definition) is 2. The molecule has 0 unspecified atom stereocenters. The van der Waals surface area contributed by atoms with E-state index in [0.29, 0.717) is 21.1 Å². The van der Waals surface area contributed by atoms with Crippen LogP contribution in [0.2, 0.25) is 0 Å². The molecule has 88 valence electrons. The van der Waals surface area contributed by atoms with Crippen LogP contribution in [0.5, 0.6) is 5.75 Å². The summed E-state index contributed by atoms with van der Waals surface area (Å²) in [6.45, 7) is 2.04. The first-order chi connectivity index (χ1) is 7.54. The molecule has 0 aromatic heterocycles. The summed E-state index contributed by atoms with van der Waals surface area (Å²) in [5.41, 5.74) is 0.664. The van der Waals surface area contributed by atoms with E-state index in [9.17, 15) is 9.90 Å². The number of anilines is 1. The van der Waals surface area contributed by atoms with Gasteiger partial charge in [-0.25, -0.2) is 0 Å². The van der Waals surface area contributed by atoms with E-state index in [4.69, 9.17) is 0 Å². The highest BCUT2D eigenvalue weighted by molar-refractivity contribution is 9.11. The predicted molar refractivity (Wildman–Crippen MR) is 71.7 cm³/mol. The normalized spacial score (nSPS) is 10.2. The zero-order chi connectivity index (χ0) is 12.1. The Morgan fingerprint density at radius 2 is 1.94 bits per heavy atom. The van der Waals surface area contributed by atoms with Crippen molar-refractivity contribution in [1.82, 2.24) is 0 Å². The molecule has 1 amide bonds. The number of phenols is 1. The third-order valence-electron chi connectivity index (χ3n) is 2.06. The Kier molecular flexibility index (Phi) is 5.28. The van der Waals surface area contributed by atoms with Crippen molar-refractivity contribution < 1.29 is 9.90 Å². The summed E-state index contributed by atoms with van der Waals surface area (Å²) in [6, 6.07) is 3.34. The van der Waals surface area contributed by atoms with Gasteiger partial charge in [-0.2, -0.15) is 0 Å². The largest absolute Gasteiger partial charge is 0.506 e. The summed E-state index contributed by atoms with van der Waals surface area (Å²) in [7, 11) is 0. The van der Waals surface area contributed by atoms with Crippen LogP contribution in [-0.2, 0) is 4.79 Å². The van der Waals surface area contributed by atoms with E-state index in [1.165, 1.54) is 0 Å². The van der Waals surface area contributed by atoms with Crippen LogP contribution in [-0.4, -0.2) is 11.0 Å². The summed E-state index contributed by atoms with van der Waals surface area (Å²) in [5, 5.41) is 12.3. The fourth-order valence-corrected chi connectivity index (χ4v) is 2.38. The fraction of sp³-hybridized carbons (Fsp3) is 0.364. The molecular weight excluding hydrogens is 338 g/mol. The molecule has 1 aromatic carbocycles. The quantitative estimate of drug-likeness (QED) is 0.805. The monoisotopic (exact) mass is 349 g/mol. The Balaban J connectivity index is 2.71. The number of aromatic hydroxyl groups is 1. The van der Waals surface area contributed by atoms with Gasteiger partial charge in [0.1, 0.15) is 5.75 Å². The topological polar surface area (TPSA) is 49.3 Å². The average molecular weight is 351 g/mol. The summed E-state index contributed by atoms with van der Waals surface area (Å²) < 4.78 is 1.10. The van der Waals surface area contributed by atoms with E-state index in [2.05, 4.69) is 37.2 Å². The van der Waals surface area contributed by atoms with Gasteiger partial charge in [-0.1, -0.05) is 13.3 Å². The summed E-state index contributed by atoms with van der Waals surface area (Å²) >= 11 is 6.42. The third kappa shape index (κ3) is 3.79. The van der Waals surface area contributed by atoms with Crippen LogP contribution in [0, 0.1) is 0 Å². The zero-order valence-corrected chi connectivity index (χ0v) is 12.1. The van der Waals surface area contributed by atoms with Gasteiger partial charge in [0.05, 0.1) is 8.95 Å². The maximum absolute atomic E-state index is 11.5. The number of nitrogens with one attached hydrogen (secondary N) is 1. The van der Waals surface area contributed by atoms with Gasteiger partial charge in [0, 0.05) is 12.1 Å². The Bertz CT molecular complexity index is 371. The molecule has 0 aliphatic carbocycles. The van der Waals surface area contributed by atoms with Crippen molar-refractivity contribution >= 4 is 43.5 Å². The number of unbranched alkanes of at least 4 members (excludes halogenated alkanes) is 1. The zero-order valence-electron chi connectivity index (χ0n) is 8.89. The molecular formula is C11H13Br2NO2. The fourth-order valence-electron chi connectivity index (χ4n) is 1.20. The Hall–Kier alpha value is -0.550. The van der Waals surface area contributed by atoms with Gasteiger partial charge in [-0.05, 0) is 50.4 Å². The van der Waals surface area contributed by atoms with Gasteiger partial charge < -0.3 is 10.4 Å². The molecule has 0 heterocycles. The molecule has 0 saturated heterocycles. The van der Waals surface area contributed by atoms with Crippen LogP contribution in [0.15, 0.2) is 21.1 Å². The lowest BCUT2D eigenvalue weighted by Gasteiger charge is -2.07. The van der Waals surface area contributed by atoms with Crippen LogP contribution in [0.25, 0.3) is 0 Å². The van der Waals surface area contributed by atoms with Crippen molar-refractivity contribution in [3.8, 4) is 5.75 Å². The van der Waals surface area contributed by atoms with Gasteiger partial charge in [-0.3, -0.25) is 4.79 Å². The molecule has 0 aliphatic rings. The number of phenolic OH excluding ortho intramolecular Hbond substituents is 1. The van der Waals surface area contributed by atoms with Crippen molar-refractivity contribution in [2.24, 2.45) is 0 Å². The predicted octanol–water partition coefficient (Wildman–Crippen LogP) is 4.05. The Morgan fingerprint density at radius 3 is 2.44 bits per heavy atom. The standard InChI is InChI=1S/C11H13Br2NO2/c1-2-3-4-10(15)14-7-5-8(12)11(16)9(13)6-7/h5-6,16H,2-4H2,1H3,(H,14,15). The second kappa shape index (κ2) is 6.25. The van der Waals surface area contributed by atoms with Crippen LogP contribution >= 0.6 is 31.9 Å². The molecule has 5 heteroatoms. The number of amides is 1. The summed E-state index contributed by atoms with van der Waals surface area (Å²) in [5.74, 6) is 0.123. The van der Waals surface area contributed by atoms with Crippen LogP contribution < -0.4 is 5.32 Å². The maximum atomic E-state index is 11.5. The molecule has 0 saturated carbocycles. The second-order valence-electron chi connectivity index (χ2n) is 3.44. The molecule has 0 bridgehead atoms. The van der Waals surface area contributed by atoms with Crippen LogP contribution in [0.1, 0.15) is 26.2 Å². The molecule has 0 aliphatic heterocycles. The highest BCUT2D eigenvalue weighted by Gasteiger charge is 2.08. The minimum atomic E-state index is -0.00802. The molecule has 2 N–H and O–H groups in total. The van der Waals surface area contributed by atoms with E-state index in [-0.39, 0.29) is 11.7 Å². The number of hydrogen-bond acceptors (Lipinski definition) is 2. The average Bonchev–Trinajstić information content (AvgIpc) is 2.23. The van der Waals surface area contributed by atoms with Crippen molar-refractivity contribution in [2.75, 3.05) is 5.32 Å². The van der Waals surface area contributed by atoms with Crippen LogP contribution in [0.3, 0.4) is 0 Å². The van der Waals surface area contributed by atoms with E-state index in [1.54, 1.807) is 12.1 Å². The van der Waals surface area contributed by atoms with Gasteiger partial charge >= 0.3 is 0 Å². The van der Waals surface area contributed by atoms with Crippen molar-refractivity contribution in [1.29, 1.82) is 0 Å². The third-order valence-corrected chi connectivity index (χ3v) is 3.27. The second-order valence-corrected chi connectivity index (χ2v) is 5.15. The molecule has 3 nitrogen and oxygen atoms in total. The molecule has 1 rings (SSSR count). The SMILES string of the molecule is CCCCC(=O)Nc1cc(Br)c(O)c(Br)c1. The molecule has 1 aromatic rings. The number of benzene rings is 1. The molecule has 0 fully saturated rings.